The van der Waals surface area contributed by atoms with Gasteiger partial charge in [0.15, 0.2) is 0 Å². The second-order valence-corrected chi connectivity index (χ2v) is 3.96. The van der Waals surface area contributed by atoms with Crippen molar-refractivity contribution in [2.45, 2.75) is 25.8 Å². The van der Waals surface area contributed by atoms with Crippen molar-refractivity contribution in [1.82, 2.24) is 5.32 Å². The molecule has 19 heavy (non-hydrogen) atoms. The first-order chi connectivity index (χ1) is 9.21. The molecule has 0 unspecified atom stereocenters. The van der Waals surface area contributed by atoms with Crippen LogP contribution in [-0.4, -0.2) is 18.6 Å². The van der Waals surface area contributed by atoms with E-state index in [-0.39, 0.29) is 12.5 Å². The van der Waals surface area contributed by atoms with Gasteiger partial charge < -0.3 is 10.1 Å². The maximum atomic E-state index is 11.9. The first-order valence-electron chi connectivity index (χ1n) is 6.08. The maximum absolute atomic E-state index is 11.9. The quantitative estimate of drug-likeness (QED) is 0.793. The van der Waals surface area contributed by atoms with Crippen LogP contribution in [0.15, 0.2) is 24.3 Å². The number of nitrogens with one attached hydrogen (secondary N) is 1. The van der Waals surface area contributed by atoms with Crippen molar-refractivity contribution in [2.75, 3.05) is 6.61 Å². The minimum atomic E-state index is -0.449. The predicted octanol–water partition coefficient (Wildman–Crippen LogP) is 2.12. The van der Waals surface area contributed by atoms with E-state index in [2.05, 4.69) is 17.3 Å². The highest BCUT2D eigenvalue weighted by Crippen LogP contribution is 2.12. The van der Waals surface area contributed by atoms with Gasteiger partial charge in [-0.15, -0.1) is 6.42 Å². The molecule has 0 aliphatic rings. The van der Waals surface area contributed by atoms with Crippen molar-refractivity contribution < 1.29 is 9.53 Å². The summed E-state index contributed by atoms with van der Waals surface area (Å²) in [7, 11) is 0. The molecular weight excluding hydrogens is 240 g/mol. The standard InChI is InChI=1S/C15H16N2O2/c1-3-5-13(11-16)17-15(18)12-6-8-14(9-7-12)19-10-4-2/h2,6-9,13H,3,5,10H2,1H3,(H,17,18)/t13-/m1/s1. The van der Waals surface area contributed by atoms with Crippen LogP contribution in [-0.2, 0) is 0 Å². The van der Waals surface area contributed by atoms with Crippen LogP contribution in [0.3, 0.4) is 0 Å². The highest BCUT2D eigenvalue weighted by molar-refractivity contribution is 5.94. The van der Waals surface area contributed by atoms with E-state index in [0.29, 0.717) is 17.7 Å². The zero-order valence-corrected chi connectivity index (χ0v) is 10.8. The molecule has 1 N–H and O–H groups in total. The van der Waals surface area contributed by atoms with Crippen molar-refractivity contribution in [3.8, 4) is 24.2 Å². The second kappa shape index (κ2) is 7.79. The minimum absolute atomic E-state index is 0.193. The number of carbonyl (C=O) groups is 1. The summed E-state index contributed by atoms with van der Waals surface area (Å²) >= 11 is 0. The number of terminal acetylenes is 1. The van der Waals surface area contributed by atoms with E-state index in [1.807, 2.05) is 6.92 Å². The molecule has 0 spiro atoms. The number of amides is 1. The number of rotatable bonds is 6. The van der Waals surface area contributed by atoms with Crippen molar-refractivity contribution >= 4 is 5.91 Å². The molecule has 0 aromatic heterocycles. The van der Waals surface area contributed by atoms with Gasteiger partial charge in [0.05, 0.1) is 6.07 Å². The molecule has 4 nitrogen and oxygen atoms in total. The van der Waals surface area contributed by atoms with Crippen LogP contribution in [0, 0.1) is 23.7 Å². The van der Waals surface area contributed by atoms with Gasteiger partial charge in [0, 0.05) is 5.56 Å². The van der Waals surface area contributed by atoms with Gasteiger partial charge in [0.1, 0.15) is 18.4 Å². The summed E-state index contributed by atoms with van der Waals surface area (Å²) in [5.41, 5.74) is 0.490. The lowest BCUT2D eigenvalue weighted by atomic mass is 10.1. The molecule has 1 aromatic rings. The molecule has 98 valence electrons. The average Bonchev–Trinajstić information content (AvgIpc) is 2.45. The van der Waals surface area contributed by atoms with Gasteiger partial charge in [0.2, 0.25) is 0 Å². The normalized spacial score (nSPS) is 10.9. The molecule has 0 fully saturated rings. The maximum Gasteiger partial charge on any atom is 0.252 e. The molecule has 0 heterocycles. The Morgan fingerprint density at radius 2 is 2.16 bits per heavy atom. The van der Waals surface area contributed by atoms with Crippen molar-refractivity contribution in [3.63, 3.8) is 0 Å². The number of benzene rings is 1. The summed E-state index contributed by atoms with van der Waals surface area (Å²) < 4.78 is 5.21. The molecule has 0 saturated heterocycles. The van der Waals surface area contributed by atoms with Gasteiger partial charge in [-0.25, -0.2) is 0 Å². The first kappa shape index (κ1) is 14.6. The Morgan fingerprint density at radius 1 is 1.47 bits per heavy atom. The molecule has 4 heteroatoms. The van der Waals surface area contributed by atoms with Crippen LogP contribution in [0.5, 0.6) is 5.75 Å². The number of nitrogens with zero attached hydrogens (tertiary/aromatic N) is 1. The molecule has 1 amide bonds. The SMILES string of the molecule is C#CCOc1ccc(C(=O)N[C@@H](C#N)CCC)cc1. The van der Waals surface area contributed by atoms with Crippen LogP contribution < -0.4 is 10.1 Å². The second-order valence-electron chi connectivity index (χ2n) is 3.96. The minimum Gasteiger partial charge on any atom is -0.481 e. The molecule has 1 aromatic carbocycles. The fraction of sp³-hybridized carbons (Fsp3) is 0.333. The fourth-order valence-corrected chi connectivity index (χ4v) is 1.53. The molecule has 0 radical (unpaired) electrons. The Kier molecular flexibility index (Phi) is 5.98. The Balaban J connectivity index is 2.63. The average molecular weight is 256 g/mol. The lowest BCUT2D eigenvalue weighted by Gasteiger charge is -2.10. The van der Waals surface area contributed by atoms with E-state index in [1.165, 1.54) is 0 Å². The van der Waals surface area contributed by atoms with Gasteiger partial charge in [-0.05, 0) is 30.7 Å². The summed E-state index contributed by atoms with van der Waals surface area (Å²) in [6, 6.07) is 8.24. The molecule has 0 saturated carbocycles. The molecule has 0 aliphatic carbocycles. The third kappa shape index (κ3) is 4.73. The van der Waals surface area contributed by atoms with E-state index < -0.39 is 6.04 Å². The van der Waals surface area contributed by atoms with Crippen molar-refractivity contribution in [3.05, 3.63) is 29.8 Å². The monoisotopic (exact) mass is 256 g/mol. The zero-order chi connectivity index (χ0) is 14.1. The van der Waals surface area contributed by atoms with Gasteiger partial charge >= 0.3 is 0 Å². The molecule has 1 rings (SSSR count). The smallest absolute Gasteiger partial charge is 0.252 e. The van der Waals surface area contributed by atoms with Crippen LogP contribution >= 0.6 is 0 Å². The van der Waals surface area contributed by atoms with E-state index in [0.717, 1.165) is 6.42 Å². The Labute approximate surface area is 113 Å². The summed E-state index contributed by atoms with van der Waals surface area (Å²) in [6.07, 6.45) is 6.57. The fourth-order valence-electron chi connectivity index (χ4n) is 1.53. The Hall–Kier alpha value is -2.46. The number of nitriles is 1. The van der Waals surface area contributed by atoms with Crippen LogP contribution in [0.25, 0.3) is 0 Å². The van der Waals surface area contributed by atoms with E-state index >= 15 is 0 Å². The lowest BCUT2D eigenvalue weighted by molar-refractivity contribution is 0.0944. The van der Waals surface area contributed by atoms with Crippen LogP contribution in [0.2, 0.25) is 0 Å². The third-order valence-electron chi connectivity index (χ3n) is 2.48. The number of carbonyl (C=O) groups excluding carboxylic acids is 1. The van der Waals surface area contributed by atoms with Gasteiger partial charge in [-0.3, -0.25) is 4.79 Å². The summed E-state index contributed by atoms with van der Waals surface area (Å²) in [5, 5.41) is 11.6. The molecule has 0 bridgehead atoms. The van der Waals surface area contributed by atoms with E-state index in [9.17, 15) is 4.79 Å². The van der Waals surface area contributed by atoms with E-state index in [1.54, 1.807) is 24.3 Å². The lowest BCUT2D eigenvalue weighted by Crippen LogP contribution is -2.33. The highest BCUT2D eigenvalue weighted by Gasteiger charge is 2.12. The van der Waals surface area contributed by atoms with Crippen LogP contribution in [0.4, 0.5) is 0 Å². The largest absolute Gasteiger partial charge is 0.481 e. The Morgan fingerprint density at radius 3 is 2.68 bits per heavy atom. The third-order valence-corrected chi connectivity index (χ3v) is 2.48. The summed E-state index contributed by atoms with van der Waals surface area (Å²) in [5.74, 6) is 2.71. The van der Waals surface area contributed by atoms with Crippen molar-refractivity contribution in [2.24, 2.45) is 0 Å². The molecule has 0 aliphatic heterocycles. The summed E-state index contributed by atoms with van der Waals surface area (Å²) in [4.78, 5) is 11.9. The highest BCUT2D eigenvalue weighted by atomic mass is 16.5. The van der Waals surface area contributed by atoms with Crippen molar-refractivity contribution in [1.29, 1.82) is 5.26 Å². The zero-order valence-electron chi connectivity index (χ0n) is 10.8. The summed E-state index contributed by atoms with van der Waals surface area (Å²) in [6.45, 7) is 2.16. The topological polar surface area (TPSA) is 62.1 Å². The Bertz CT molecular complexity index is 494. The molecular formula is C15H16N2O2. The number of hydrogen-bond acceptors (Lipinski definition) is 3. The first-order valence-corrected chi connectivity index (χ1v) is 6.08. The molecule has 1 atom stereocenters. The van der Waals surface area contributed by atoms with Crippen LogP contribution in [0.1, 0.15) is 30.1 Å². The van der Waals surface area contributed by atoms with Gasteiger partial charge in [-0.1, -0.05) is 19.3 Å². The van der Waals surface area contributed by atoms with Gasteiger partial charge in [0.25, 0.3) is 5.91 Å². The van der Waals surface area contributed by atoms with Gasteiger partial charge in [-0.2, -0.15) is 5.26 Å². The number of hydrogen-bond donors (Lipinski definition) is 1. The predicted molar refractivity (Wildman–Crippen MR) is 72.5 cm³/mol. The van der Waals surface area contributed by atoms with E-state index in [4.69, 9.17) is 16.4 Å². The number of ether oxygens (including phenoxy) is 1.